The number of amides is 2. The largest absolute Gasteiger partial charge is 0.444 e. The molecule has 7 heteroatoms. The molecular formula is C20H31N3O3S. The number of carbonyl (C=O) groups excluding carboxylic acids is 2. The van der Waals surface area contributed by atoms with Gasteiger partial charge in [-0.15, -0.1) is 0 Å². The van der Waals surface area contributed by atoms with E-state index in [1.807, 2.05) is 55.9 Å². The lowest BCUT2D eigenvalue weighted by atomic mass is 9.98. The Bertz CT molecular complexity index is 579. The predicted octanol–water partition coefficient (Wildman–Crippen LogP) is 2.49. The summed E-state index contributed by atoms with van der Waals surface area (Å²) in [4.78, 5) is 26.9. The van der Waals surface area contributed by atoms with E-state index >= 15 is 0 Å². The Hall–Kier alpha value is -1.57. The van der Waals surface area contributed by atoms with Crippen molar-refractivity contribution in [2.45, 2.75) is 32.9 Å². The number of hydrogen-bond acceptors (Lipinski definition) is 6. The average molecular weight is 394 g/mol. The Labute approximate surface area is 166 Å². The van der Waals surface area contributed by atoms with E-state index in [-0.39, 0.29) is 18.4 Å². The molecule has 2 amide bonds. The Balaban J connectivity index is 1.77. The zero-order chi connectivity index (χ0) is 19.5. The predicted molar refractivity (Wildman–Crippen MR) is 110 cm³/mol. The second-order valence-electron chi connectivity index (χ2n) is 6.82. The second-order valence-corrected chi connectivity index (χ2v) is 8.05. The Morgan fingerprint density at radius 1 is 1.22 bits per heavy atom. The molecule has 0 aliphatic carbocycles. The summed E-state index contributed by atoms with van der Waals surface area (Å²) < 4.78 is 5.15. The third kappa shape index (κ3) is 7.91. The van der Waals surface area contributed by atoms with E-state index in [0.29, 0.717) is 0 Å². The van der Waals surface area contributed by atoms with Crippen LogP contribution in [-0.2, 0) is 16.1 Å². The van der Waals surface area contributed by atoms with Gasteiger partial charge in [0.25, 0.3) is 0 Å². The van der Waals surface area contributed by atoms with E-state index in [4.69, 9.17) is 4.74 Å². The quantitative estimate of drug-likeness (QED) is 0.672. The molecule has 1 aliphatic rings. The van der Waals surface area contributed by atoms with Gasteiger partial charge in [0.05, 0.1) is 6.04 Å². The SMILES string of the molecule is CC[C@H](C)[C@H](NCCN1CCSCC1)C(=O)NC(=O)OCc1ccccc1. The third-order valence-corrected chi connectivity index (χ3v) is 5.77. The van der Waals surface area contributed by atoms with Crippen molar-refractivity contribution in [3.63, 3.8) is 0 Å². The van der Waals surface area contributed by atoms with Crippen molar-refractivity contribution in [1.82, 2.24) is 15.5 Å². The van der Waals surface area contributed by atoms with Crippen LogP contribution >= 0.6 is 11.8 Å². The highest BCUT2D eigenvalue weighted by atomic mass is 32.2. The van der Waals surface area contributed by atoms with E-state index < -0.39 is 12.1 Å². The van der Waals surface area contributed by atoms with E-state index in [9.17, 15) is 9.59 Å². The molecule has 1 aromatic carbocycles. The lowest BCUT2D eigenvalue weighted by molar-refractivity contribution is -0.123. The standard InChI is InChI=1S/C20H31N3O3S/c1-3-16(2)18(21-9-10-23-11-13-27-14-12-23)19(24)22-20(25)26-15-17-7-5-4-6-8-17/h4-8,16,18,21H,3,9-15H2,1-2H3,(H,22,24,25)/t16-,18-/m0/s1. The summed E-state index contributed by atoms with van der Waals surface area (Å²) in [5, 5.41) is 5.70. The van der Waals surface area contributed by atoms with Gasteiger partial charge >= 0.3 is 6.09 Å². The third-order valence-electron chi connectivity index (χ3n) is 4.83. The monoisotopic (exact) mass is 393 g/mol. The van der Waals surface area contributed by atoms with Gasteiger partial charge in [0.15, 0.2) is 0 Å². The number of nitrogens with zero attached hydrogens (tertiary/aromatic N) is 1. The molecule has 2 N–H and O–H groups in total. The first kappa shape index (κ1) is 21.7. The highest BCUT2D eigenvalue weighted by Crippen LogP contribution is 2.10. The van der Waals surface area contributed by atoms with E-state index in [1.54, 1.807) is 0 Å². The molecule has 1 heterocycles. The summed E-state index contributed by atoms with van der Waals surface area (Å²) in [6.45, 7) is 8.04. The summed E-state index contributed by atoms with van der Waals surface area (Å²) >= 11 is 1.98. The highest BCUT2D eigenvalue weighted by Gasteiger charge is 2.25. The lowest BCUT2D eigenvalue weighted by Gasteiger charge is -2.28. The molecule has 0 saturated carbocycles. The molecular weight excluding hydrogens is 362 g/mol. The molecule has 150 valence electrons. The minimum atomic E-state index is -0.702. The van der Waals surface area contributed by atoms with E-state index in [0.717, 1.165) is 38.2 Å². The normalized spacial score (nSPS) is 17.1. The Morgan fingerprint density at radius 2 is 1.93 bits per heavy atom. The van der Waals surface area contributed by atoms with Crippen molar-refractivity contribution in [3.05, 3.63) is 35.9 Å². The number of imide groups is 1. The van der Waals surface area contributed by atoms with Gasteiger partial charge in [0.1, 0.15) is 6.61 Å². The maximum absolute atomic E-state index is 12.6. The minimum absolute atomic E-state index is 0.129. The smallest absolute Gasteiger partial charge is 0.414 e. The molecule has 0 spiro atoms. The molecule has 1 aliphatic heterocycles. The van der Waals surface area contributed by atoms with Gasteiger partial charge in [0, 0.05) is 37.7 Å². The van der Waals surface area contributed by atoms with Gasteiger partial charge < -0.3 is 15.0 Å². The molecule has 1 saturated heterocycles. The van der Waals surface area contributed by atoms with Gasteiger partial charge in [-0.1, -0.05) is 50.6 Å². The van der Waals surface area contributed by atoms with Crippen molar-refractivity contribution < 1.29 is 14.3 Å². The van der Waals surface area contributed by atoms with Crippen LogP contribution in [0.3, 0.4) is 0 Å². The van der Waals surface area contributed by atoms with Crippen LogP contribution in [0.4, 0.5) is 4.79 Å². The highest BCUT2D eigenvalue weighted by molar-refractivity contribution is 7.99. The number of benzene rings is 1. The summed E-state index contributed by atoms with van der Waals surface area (Å²) in [7, 11) is 0. The zero-order valence-corrected chi connectivity index (χ0v) is 17.1. The zero-order valence-electron chi connectivity index (χ0n) is 16.3. The maximum atomic E-state index is 12.6. The first-order valence-electron chi connectivity index (χ1n) is 9.65. The maximum Gasteiger partial charge on any atom is 0.414 e. The van der Waals surface area contributed by atoms with Crippen LogP contribution in [0.2, 0.25) is 0 Å². The van der Waals surface area contributed by atoms with Crippen LogP contribution in [-0.4, -0.2) is 60.6 Å². The minimum Gasteiger partial charge on any atom is -0.444 e. The average Bonchev–Trinajstić information content (AvgIpc) is 2.70. The number of ether oxygens (including phenoxy) is 1. The first-order chi connectivity index (χ1) is 13.1. The fourth-order valence-corrected chi connectivity index (χ4v) is 3.91. The van der Waals surface area contributed by atoms with Crippen LogP contribution in [0.25, 0.3) is 0 Å². The summed E-state index contributed by atoms with van der Waals surface area (Å²) in [6.07, 6.45) is 0.150. The summed E-state index contributed by atoms with van der Waals surface area (Å²) in [5.41, 5.74) is 0.886. The fraction of sp³-hybridized carbons (Fsp3) is 0.600. The van der Waals surface area contributed by atoms with Crippen molar-refractivity contribution in [2.75, 3.05) is 37.7 Å². The van der Waals surface area contributed by atoms with Gasteiger partial charge in [-0.3, -0.25) is 10.1 Å². The Kier molecular flexibility index (Phi) is 9.66. The lowest BCUT2D eigenvalue weighted by Crippen LogP contribution is -2.51. The molecule has 0 unspecified atom stereocenters. The molecule has 0 aromatic heterocycles. The molecule has 2 atom stereocenters. The summed E-state index contributed by atoms with van der Waals surface area (Å²) in [5.74, 6) is 2.14. The van der Waals surface area contributed by atoms with Crippen LogP contribution in [0.5, 0.6) is 0 Å². The number of alkyl carbamates (subject to hydrolysis) is 1. The number of hydrogen-bond donors (Lipinski definition) is 2. The molecule has 1 fully saturated rings. The number of rotatable bonds is 9. The van der Waals surface area contributed by atoms with E-state index in [1.165, 1.54) is 11.5 Å². The molecule has 0 radical (unpaired) electrons. The molecule has 0 bridgehead atoms. The van der Waals surface area contributed by atoms with Crippen LogP contribution in [0.1, 0.15) is 25.8 Å². The van der Waals surface area contributed by atoms with Crippen molar-refractivity contribution in [3.8, 4) is 0 Å². The van der Waals surface area contributed by atoms with Crippen molar-refractivity contribution >= 4 is 23.8 Å². The Morgan fingerprint density at radius 3 is 2.59 bits per heavy atom. The van der Waals surface area contributed by atoms with E-state index in [2.05, 4.69) is 15.5 Å². The van der Waals surface area contributed by atoms with Crippen molar-refractivity contribution in [2.24, 2.45) is 5.92 Å². The van der Waals surface area contributed by atoms with Crippen LogP contribution in [0, 0.1) is 5.92 Å². The number of thioether (sulfide) groups is 1. The molecule has 27 heavy (non-hydrogen) atoms. The van der Waals surface area contributed by atoms with Gasteiger partial charge in [-0.25, -0.2) is 4.79 Å². The molecule has 2 rings (SSSR count). The van der Waals surface area contributed by atoms with Crippen molar-refractivity contribution in [1.29, 1.82) is 0 Å². The van der Waals surface area contributed by atoms with Gasteiger partial charge in [-0.05, 0) is 11.5 Å². The topological polar surface area (TPSA) is 70.7 Å². The van der Waals surface area contributed by atoms with Crippen LogP contribution in [0.15, 0.2) is 30.3 Å². The number of carbonyl (C=O) groups is 2. The second kappa shape index (κ2) is 12.0. The first-order valence-corrected chi connectivity index (χ1v) is 10.8. The van der Waals surface area contributed by atoms with Gasteiger partial charge in [0.2, 0.25) is 5.91 Å². The van der Waals surface area contributed by atoms with Gasteiger partial charge in [-0.2, -0.15) is 11.8 Å². The fourth-order valence-electron chi connectivity index (χ4n) is 2.93. The molecule has 6 nitrogen and oxygen atoms in total. The van der Waals surface area contributed by atoms with Crippen LogP contribution < -0.4 is 10.6 Å². The molecule has 1 aromatic rings. The number of nitrogens with one attached hydrogen (secondary N) is 2. The summed E-state index contributed by atoms with van der Waals surface area (Å²) in [6, 6.07) is 9.00.